The molecular weight excluding hydrogens is 711 g/mol. The molecule has 2 fully saturated rings. The standard InChI is InChI=1S/C34H42BrN8O5P/c1-46-18-11-22-19-27(29(47-2)20-28(22)42-15-9-23(10-16-42)43-14-5-6-17-48-34(43)44)40-33-38-21-24(35)32(41-33)39-26-8-7-25-30(37-13-12-36-25)31(26)49(3,4)45/h7-8,12-13,19-21,23H,5-6,9-11,14-18H2,1-4H3,(H2,38,39,40,41). The highest BCUT2D eigenvalue weighted by Gasteiger charge is 2.31. The van der Waals surface area contributed by atoms with Gasteiger partial charge in [-0.05, 0) is 85.1 Å². The number of hydrogen-bond donors (Lipinski definition) is 2. The average molecular weight is 754 g/mol. The summed E-state index contributed by atoms with van der Waals surface area (Å²) in [5.41, 5.74) is 4.77. The number of piperidine rings is 1. The predicted molar refractivity (Wildman–Crippen MR) is 196 cm³/mol. The Morgan fingerprint density at radius 2 is 1.82 bits per heavy atom. The Morgan fingerprint density at radius 3 is 2.57 bits per heavy atom. The van der Waals surface area contributed by atoms with E-state index in [0.29, 0.717) is 69.3 Å². The predicted octanol–water partition coefficient (Wildman–Crippen LogP) is 6.32. The number of methoxy groups -OCH3 is 2. The highest BCUT2D eigenvalue weighted by atomic mass is 79.9. The van der Waals surface area contributed by atoms with E-state index in [9.17, 15) is 9.36 Å². The Balaban J connectivity index is 1.26. The molecule has 0 unspecified atom stereocenters. The molecule has 2 aromatic carbocycles. The molecule has 2 N–H and O–H groups in total. The van der Waals surface area contributed by atoms with Crippen molar-refractivity contribution in [2.45, 2.75) is 38.1 Å². The van der Waals surface area contributed by atoms with Crippen LogP contribution in [0.2, 0.25) is 0 Å². The first-order valence-electron chi connectivity index (χ1n) is 16.4. The largest absolute Gasteiger partial charge is 0.494 e. The first kappa shape index (κ1) is 34.8. The third-order valence-corrected chi connectivity index (χ3v) is 11.0. The van der Waals surface area contributed by atoms with Gasteiger partial charge in [-0.25, -0.2) is 9.78 Å². The lowest BCUT2D eigenvalue weighted by molar-refractivity contribution is 0.0946. The summed E-state index contributed by atoms with van der Waals surface area (Å²) >= 11 is 3.57. The quantitative estimate of drug-likeness (QED) is 0.166. The summed E-state index contributed by atoms with van der Waals surface area (Å²) in [5, 5.41) is 7.32. The summed E-state index contributed by atoms with van der Waals surface area (Å²) < 4.78 is 30.9. The van der Waals surface area contributed by atoms with Crippen molar-refractivity contribution in [3.8, 4) is 5.75 Å². The molecule has 2 saturated heterocycles. The number of anilines is 5. The number of ether oxygens (including phenoxy) is 3. The summed E-state index contributed by atoms with van der Waals surface area (Å²) in [4.78, 5) is 35.0. The van der Waals surface area contributed by atoms with Gasteiger partial charge < -0.3 is 39.2 Å². The van der Waals surface area contributed by atoms with E-state index >= 15 is 0 Å². The van der Waals surface area contributed by atoms with Crippen LogP contribution in [-0.4, -0.2) is 97.4 Å². The zero-order valence-electron chi connectivity index (χ0n) is 28.2. The molecule has 1 amide bonds. The Morgan fingerprint density at radius 1 is 1.02 bits per heavy atom. The number of nitrogens with one attached hydrogen (secondary N) is 2. The van der Waals surface area contributed by atoms with E-state index < -0.39 is 7.14 Å². The van der Waals surface area contributed by atoms with Gasteiger partial charge in [0.1, 0.15) is 24.2 Å². The number of rotatable bonds is 11. The molecule has 6 rings (SSSR count). The molecule has 0 aliphatic carbocycles. The molecule has 0 spiro atoms. The summed E-state index contributed by atoms with van der Waals surface area (Å²) in [6.07, 6.45) is 8.99. The summed E-state index contributed by atoms with van der Waals surface area (Å²) in [5.74, 6) is 1.48. The number of fused-ring (bicyclic) bond motifs is 1. The van der Waals surface area contributed by atoms with Gasteiger partial charge >= 0.3 is 6.09 Å². The molecule has 0 saturated carbocycles. The van der Waals surface area contributed by atoms with Crippen LogP contribution in [0.5, 0.6) is 5.75 Å². The zero-order valence-corrected chi connectivity index (χ0v) is 30.7. The van der Waals surface area contributed by atoms with Crippen LogP contribution in [-0.2, 0) is 20.5 Å². The van der Waals surface area contributed by atoms with Gasteiger partial charge in [0.2, 0.25) is 5.95 Å². The molecule has 2 aliphatic heterocycles. The van der Waals surface area contributed by atoms with Gasteiger partial charge in [-0.15, -0.1) is 0 Å². The van der Waals surface area contributed by atoms with Crippen LogP contribution in [0.15, 0.2) is 47.3 Å². The van der Waals surface area contributed by atoms with Crippen molar-refractivity contribution in [3.63, 3.8) is 0 Å². The molecule has 0 atom stereocenters. The third-order valence-electron chi connectivity index (χ3n) is 8.87. The van der Waals surface area contributed by atoms with Crippen molar-refractivity contribution in [3.05, 3.63) is 52.9 Å². The fourth-order valence-electron chi connectivity index (χ4n) is 6.49. The molecule has 15 heteroatoms. The van der Waals surface area contributed by atoms with E-state index in [1.54, 1.807) is 46.1 Å². The minimum atomic E-state index is -2.77. The maximum absolute atomic E-state index is 13.5. The number of cyclic esters (lactones) is 1. The molecular formula is C34H42BrN8O5P. The normalized spacial score (nSPS) is 16.0. The number of amides is 1. The smallest absolute Gasteiger partial charge is 0.410 e. The van der Waals surface area contributed by atoms with Crippen molar-refractivity contribution in [2.24, 2.45) is 0 Å². The number of nitrogens with zero attached hydrogens (tertiary/aromatic N) is 6. The van der Waals surface area contributed by atoms with Gasteiger partial charge in [0, 0.05) is 63.1 Å². The molecule has 13 nitrogen and oxygen atoms in total. The van der Waals surface area contributed by atoms with Gasteiger partial charge in [-0.2, -0.15) is 4.98 Å². The van der Waals surface area contributed by atoms with Gasteiger partial charge in [0.25, 0.3) is 0 Å². The number of carbonyl (C=O) groups excluding carboxylic acids is 1. The van der Waals surface area contributed by atoms with E-state index in [-0.39, 0.29) is 12.1 Å². The molecule has 4 aromatic rings. The third kappa shape index (κ3) is 7.92. The molecule has 2 aliphatic rings. The minimum absolute atomic E-state index is 0.171. The highest BCUT2D eigenvalue weighted by molar-refractivity contribution is 9.10. The second-order valence-electron chi connectivity index (χ2n) is 12.5. The zero-order chi connectivity index (χ0) is 34.5. The first-order valence-corrected chi connectivity index (χ1v) is 19.8. The average Bonchev–Trinajstić information content (AvgIpc) is 3.32. The van der Waals surface area contributed by atoms with Crippen LogP contribution >= 0.6 is 23.1 Å². The van der Waals surface area contributed by atoms with Gasteiger partial charge in [0.05, 0.1) is 47.0 Å². The molecule has 49 heavy (non-hydrogen) atoms. The van der Waals surface area contributed by atoms with Crippen molar-refractivity contribution >= 4 is 74.3 Å². The van der Waals surface area contributed by atoms with Crippen LogP contribution in [0.1, 0.15) is 31.2 Å². The number of benzene rings is 2. The van der Waals surface area contributed by atoms with Gasteiger partial charge in [-0.1, -0.05) is 0 Å². The van der Waals surface area contributed by atoms with Gasteiger partial charge in [-0.3, -0.25) is 9.97 Å². The van der Waals surface area contributed by atoms with Crippen LogP contribution < -0.4 is 25.6 Å². The summed E-state index contributed by atoms with van der Waals surface area (Å²) in [6, 6.07) is 7.98. The van der Waals surface area contributed by atoms with Crippen molar-refractivity contribution in [1.29, 1.82) is 0 Å². The minimum Gasteiger partial charge on any atom is -0.494 e. The van der Waals surface area contributed by atoms with E-state index in [2.05, 4.69) is 52.5 Å². The second-order valence-corrected chi connectivity index (χ2v) is 16.5. The monoisotopic (exact) mass is 752 g/mol. The number of hydrogen-bond acceptors (Lipinski definition) is 12. The van der Waals surface area contributed by atoms with Crippen LogP contribution in [0.3, 0.4) is 0 Å². The maximum Gasteiger partial charge on any atom is 0.410 e. The summed E-state index contributed by atoms with van der Waals surface area (Å²) in [6.45, 7) is 6.85. The number of carbonyl (C=O) groups is 1. The van der Waals surface area contributed by atoms with Crippen LogP contribution in [0.25, 0.3) is 11.0 Å². The Labute approximate surface area is 294 Å². The van der Waals surface area contributed by atoms with Crippen LogP contribution in [0.4, 0.5) is 33.6 Å². The van der Waals surface area contributed by atoms with Gasteiger partial charge in [0.15, 0.2) is 0 Å². The topological polar surface area (TPSA) is 144 Å². The second kappa shape index (κ2) is 15.3. The first-order chi connectivity index (χ1) is 23.7. The van der Waals surface area contributed by atoms with Crippen molar-refractivity contribution < 1.29 is 23.6 Å². The van der Waals surface area contributed by atoms with E-state index in [0.717, 1.165) is 56.6 Å². The molecule has 2 aromatic heterocycles. The van der Waals surface area contributed by atoms with E-state index in [1.165, 1.54) is 0 Å². The molecule has 260 valence electrons. The van der Waals surface area contributed by atoms with Crippen molar-refractivity contribution in [1.82, 2.24) is 24.8 Å². The number of halogens is 1. The number of aromatic nitrogens is 4. The summed E-state index contributed by atoms with van der Waals surface area (Å²) in [7, 11) is 0.568. The van der Waals surface area contributed by atoms with Crippen LogP contribution in [0, 0.1) is 0 Å². The maximum atomic E-state index is 13.5. The fourth-order valence-corrected chi connectivity index (χ4v) is 8.17. The van der Waals surface area contributed by atoms with E-state index in [1.807, 2.05) is 23.1 Å². The molecule has 4 heterocycles. The lowest BCUT2D eigenvalue weighted by Gasteiger charge is -2.39. The molecule has 0 bridgehead atoms. The fraction of sp³-hybridized carbons (Fsp3) is 0.441. The lowest BCUT2D eigenvalue weighted by Crippen LogP contribution is -2.47. The Bertz CT molecular complexity index is 1870. The van der Waals surface area contributed by atoms with Crippen molar-refractivity contribution in [2.75, 3.05) is 75.9 Å². The Kier molecular flexibility index (Phi) is 10.9. The SMILES string of the molecule is COCCc1cc(Nc2ncc(Br)c(Nc3ccc4nccnc4c3P(C)(C)=O)n2)c(OC)cc1N1CCC(N2CCCCOC2=O)CC1. The Hall–Kier alpha value is -4.00. The lowest BCUT2D eigenvalue weighted by atomic mass is 10.00. The van der Waals surface area contributed by atoms with E-state index in [4.69, 9.17) is 19.2 Å². The molecule has 0 radical (unpaired) electrons. The highest BCUT2D eigenvalue weighted by Crippen LogP contribution is 2.42.